The zero-order chi connectivity index (χ0) is 35.0. The summed E-state index contributed by atoms with van der Waals surface area (Å²) < 4.78 is 42.2. The van der Waals surface area contributed by atoms with Crippen molar-refractivity contribution >= 4 is 38.1 Å². The van der Waals surface area contributed by atoms with E-state index in [0.717, 1.165) is 40.9 Å². The Labute approximate surface area is 288 Å². The fraction of sp³-hybridized carbons (Fsp3) is 0.244. The molecule has 0 unspecified atom stereocenters. The zero-order valence-electron chi connectivity index (χ0n) is 28.9. The molecule has 0 fully saturated rings. The quantitative estimate of drug-likeness (QED) is 0.0684. The molecule has 6 rings (SSSR count). The average molecular weight is 674 g/mol. The molecule has 0 saturated carbocycles. The number of fused-ring (bicyclic) bond motifs is 2. The minimum Gasteiger partial charge on any atom is -0.456 e. The van der Waals surface area contributed by atoms with Gasteiger partial charge in [-0.2, -0.15) is 8.42 Å². The van der Waals surface area contributed by atoms with Crippen LogP contribution in [0, 0.1) is 0 Å². The van der Waals surface area contributed by atoms with Crippen LogP contribution in [0.25, 0.3) is 33.4 Å². The predicted molar refractivity (Wildman–Crippen MR) is 199 cm³/mol. The van der Waals surface area contributed by atoms with E-state index in [1.165, 1.54) is 11.6 Å². The van der Waals surface area contributed by atoms with Crippen LogP contribution in [-0.2, 0) is 23.0 Å². The molecule has 2 aliphatic rings. The van der Waals surface area contributed by atoms with Crippen LogP contribution in [0.4, 0.5) is 17.1 Å². The first-order valence-electron chi connectivity index (χ1n) is 16.8. The van der Waals surface area contributed by atoms with E-state index in [1.54, 1.807) is 23.2 Å². The summed E-state index contributed by atoms with van der Waals surface area (Å²) in [5, 5.41) is 3.10. The Morgan fingerprint density at radius 1 is 0.776 bits per heavy atom. The number of benzene rings is 5. The van der Waals surface area contributed by atoms with E-state index in [0.29, 0.717) is 44.5 Å². The molecule has 4 aromatic carbocycles. The van der Waals surface area contributed by atoms with Crippen molar-refractivity contribution in [1.82, 2.24) is 0 Å². The number of hydrazine groups is 1. The molecule has 1 aliphatic carbocycles. The van der Waals surface area contributed by atoms with Gasteiger partial charge in [0, 0.05) is 34.2 Å². The number of aryl methyl sites for hydroxylation is 2. The molecule has 0 saturated heterocycles. The summed E-state index contributed by atoms with van der Waals surface area (Å²) in [6, 6.07) is 30.5. The van der Waals surface area contributed by atoms with E-state index in [-0.39, 0.29) is 16.7 Å². The van der Waals surface area contributed by atoms with Crippen LogP contribution in [-0.4, -0.2) is 13.0 Å². The minimum absolute atomic E-state index is 0.181. The number of anilines is 2. The van der Waals surface area contributed by atoms with Crippen molar-refractivity contribution in [2.75, 3.05) is 5.01 Å². The van der Waals surface area contributed by atoms with Crippen molar-refractivity contribution < 1.29 is 17.4 Å². The molecular weight excluding hydrogens is 631 g/mol. The molecule has 8 heteroatoms. The van der Waals surface area contributed by atoms with Gasteiger partial charge in [0.05, 0.1) is 22.4 Å². The Balaban J connectivity index is 1.65. The number of nitrogens with zero attached hydrogens (tertiary/aromatic N) is 2. The van der Waals surface area contributed by atoms with Crippen LogP contribution in [0.15, 0.2) is 111 Å². The zero-order valence-corrected chi connectivity index (χ0v) is 29.7. The topological polar surface area (TPSA) is 109 Å². The van der Waals surface area contributed by atoms with E-state index < -0.39 is 10.1 Å². The molecule has 49 heavy (non-hydrogen) atoms. The van der Waals surface area contributed by atoms with Crippen molar-refractivity contribution in [3.8, 4) is 22.5 Å². The van der Waals surface area contributed by atoms with Crippen molar-refractivity contribution in [1.29, 1.82) is 0 Å². The summed E-state index contributed by atoms with van der Waals surface area (Å²) in [5.41, 5.74) is 9.40. The number of hydrogen-bond donors (Lipinski definition) is 2. The first kappa shape index (κ1) is 34.1. The van der Waals surface area contributed by atoms with Gasteiger partial charge in [0.25, 0.3) is 10.1 Å². The third kappa shape index (κ3) is 6.52. The molecular formula is C41H43N3O4S. The van der Waals surface area contributed by atoms with Gasteiger partial charge in [-0.15, -0.1) is 0 Å². The molecule has 0 aromatic heterocycles. The second-order valence-electron chi connectivity index (χ2n) is 13.0. The third-order valence-corrected chi connectivity index (χ3v) is 10.1. The molecule has 0 radical (unpaired) electrons. The summed E-state index contributed by atoms with van der Waals surface area (Å²) in [6.07, 6.45) is 1.66. The van der Waals surface area contributed by atoms with E-state index in [1.807, 2.05) is 36.4 Å². The van der Waals surface area contributed by atoms with Gasteiger partial charge < -0.3 is 4.42 Å². The fourth-order valence-electron chi connectivity index (χ4n) is 6.69. The fourth-order valence-corrected chi connectivity index (χ4v) is 7.39. The molecule has 252 valence electrons. The SMILES string of the molecule is CCc1cccc(C(C)C)c1N=c1ccc2c(-c3ccccc3S(=O)(=O)O)c3ccc(N(N)c4c(CC)cccc4C(C)C)cc3oc-2c1. The van der Waals surface area contributed by atoms with Gasteiger partial charge in [-0.3, -0.25) is 9.56 Å². The maximum Gasteiger partial charge on any atom is 0.295 e. The van der Waals surface area contributed by atoms with E-state index in [2.05, 4.69) is 77.9 Å². The van der Waals surface area contributed by atoms with Crippen molar-refractivity contribution in [2.24, 2.45) is 10.8 Å². The van der Waals surface area contributed by atoms with E-state index >= 15 is 0 Å². The second kappa shape index (κ2) is 13.6. The second-order valence-corrected chi connectivity index (χ2v) is 14.4. The van der Waals surface area contributed by atoms with Gasteiger partial charge in [0.2, 0.25) is 0 Å². The minimum atomic E-state index is -4.54. The lowest BCUT2D eigenvalue weighted by Crippen LogP contribution is -2.27. The first-order valence-corrected chi connectivity index (χ1v) is 18.3. The lowest BCUT2D eigenvalue weighted by molar-refractivity contribution is 0.483. The first-order chi connectivity index (χ1) is 23.4. The third-order valence-electron chi connectivity index (χ3n) is 9.19. The van der Waals surface area contributed by atoms with Gasteiger partial charge in [-0.25, -0.2) is 10.8 Å². The van der Waals surface area contributed by atoms with Crippen molar-refractivity contribution in [3.05, 3.63) is 125 Å². The Morgan fingerprint density at radius 2 is 1.45 bits per heavy atom. The number of para-hydroxylation sites is 2. The highest BCUT2D eigenvalue weighted by molar-refractivity contribution is 7.86. The van der Waals surface area contributed by atoms with Crippen LogP contribution < -0.4 is 16.2 Å². The summed E-state index contributed by atoms with van der Waals surface area (Å²) >= 11 is 0. The van der Waals surface area contributed by atoms with Gasteiger partial charge >= 0.3 is 0 Å². The van der Waals surface area contributed by atoms with Crippen molar-refractivity contribution in [2.45, 2.75) is 71.1 Å². The largest absolute Gasteiger partial charge is 0.456 e. The van der Waals surface area contributed by atoms with E-state index in [4.69, 9.17) is 15.3 Å². The number of rotatable bonds is 9. The van der Waals surface area contributed by atoms with Gasteiger partial charge in [-0.1, -0.05) is 96.1 Å². The van der Waals surface area contributed by atoms with Gasteiger partial charge in [-0.05, 0) is 77.3 Å². The maximum absolute atomic E-state index is 12.6. The van der Waals surface area contributed by atoms with Crippen molar-refractivity contribution in [3.63, 3.8) is 0 Å². The Hall–Kier alpha value is -4.76. The highest BCUT2D eigenvalue weighted by atomic mass is 32.2. The molecule has 0 spiro atoms. The van der Waals surface area contributed by atoms with Gasteiger partial charge in [0.1, 0.15) is 16.2 Å². The number of nitrogens with two attached hydrogens (primary N) is 1. The van der Waals surface area contributed by atoms with Crippen LogP contribution in [0.1, 0.15) is 75.6 Å². The maximum atomic E-state index is 12.6. The lowest BCUT2D eigenvalue weighted by atomic mass is 9.93. The summed E-state index contributed by atoms with van der Waals surface area (Å²) in [6.45, 7) is 12.9. The Kier molecular flexibility index (Phi) is 9.49. The normalized spacial score (nSPS) is 12.5. The van der Waals surface area contributed by atoms with Crippen LogP contribution in [0.3, 0.4) is 0 Å². The highest BCUT2D eigenvalue weighted by Gasteiger charge is 2.25. The van der Waals surface area contributed by atoms with Crippen LogP contribution in [0.5, 0.6) is 0 Å². The molecule has 7 nitrogen and oxygen atoms in total. The summed E-state index contributed by atoms with van der Waals surface area (Å²) in [5.74, 6) is 7.96. The smallest absolute Gasteiger partial charge is 0.295 e. The highest BCUT2D eigenvalue weighted by Crippen LogP contribution is 2.44. The molecule has 4 aromatic rings. The molecule has 0 amide bonds. The average Bonchev–Trinajstić information content (AvgIpc) is 3.09. The summed E-state index contributed by atoms with van der Waals surface area (Å²) in [4.78, 5) is 4.95. The molecule has 0 atom stereocenters. The summed E-state index contributed by atoms with van der Waals surface area (Å²) in [7, 11) is -4.54. The monoisotopic (exact) mass is 673 g/mol. The Morgan fingerprint density at radius 3 is 2.12 bits per heavy atom. The predicted octanol–water partition coefficient (Wildman–Crippen LogP) is 10.1. The molecule has 1 heterocycles. The van der Waals surface area contributed by atoms with Gasteiger partial charge in [0.15, 0.2) is 0 Å². The van der Waals surface area contributed by atoms with Crippen LogP contribution in [0.2, 0.25) is 0 Å². The molecule has 0 bridgehead atoms. The Bertz CT molecular complexity index is 2320. The van der Waals surface area contributed by atoms with Crippen LogP contribution >= 0.6 is 0 Å². The standard InChI is InChI=1S/C41H43N3O4S/c1-7-27-13-11-16-31(25(3)4)40(27)43-29-19-21-33-36(23-29)48-37-24-30(44(42)41-28(8-2)14-12-17-32(41)26(5)6)20-22-34(37)39(33)35-15-9-10-18-38(35)49(45,46)47/h9-26H,7-8,42H2,1-6H3,(H,45,46,47). The molecule has 1 aliphatic heterocycles. The van der Waals surface area contributed by atoms with E-state index in [9.17, 15) is 13.0 Å². The lowest BCUT2D eigenvalue weighted by Gasteiger charge is -2.27. The number of hydrogen-bond acceptors (Lipinski definition) is 6. The molecule has 3 N–H and O–H groups in total.